The van der Waals surface area contributed by atoms with Gasteiger partial charge in [0.05, 0.1) is 16.0 Å². The van der Waals surface area contributed by atoms with Crippen LogP contribution in [0.2, 0.25) is 10.0 Å². The molecule has 27 heavy (non-hydrogen) atoms. The third kappa shape index (κ3) is 4.19. The lowest BCUT2D eigenvalue weighted by atomic mass is 10.1. The molecule has 3 aromatic rings. The van der Waals surface area contributed by atoms with Gasteiger partial charge in [-0.2, -0.15) is 0 Å². The second-order valence-electron chi connectivity index (χ2n) is 7.19. The fourth-order valence-electron chi connectivity index (χ4n) is 3.79. The third-order valence-corrected chi connectivity index (χ3v) is 5.76. The SMILES string of the molecule is O=c1c(C[NH+]2CC[NH+](Cc3ccccc3)CC2)coc2c(Cl)cc(Cl)cc12. The molecule has 0 atom stereocenters. The topological polar surface area (TPSA) is 39.1 Å². The Bertz CT molecular complexity index is 996. The first-order valence-corrected chi connectivity index (χ1v) is 9.96. The Morgan fingerprint density at radius 1 is 0.926 bits per heavy atom. The fraction of sp³-hybridized carbons (Fsp3) is 0.286. The molecule has 0 amide bonds. The average molecular weight is 405 g/mol. The van der Waals surface area contributed by atoms with Crippen LogP contribution in [-0.2, 0) is 13.1 Å². The van der Waals surface area contributed by atoms with Gasteiger partial charge in [0.15, 0.2) is 5.58 Å². The monoisotopic (exact) mass is 404 g/mol. The van der Waals surface area contributed by atoms with E-state index in [2.05, 4.69) is 30.3 Å². The Morgan fingerprint density at radius 3 is 2.30 bits per heavy atom. The average Bonchev–Trinajstić information content (AvgIpc) is 2.67. The van der Waals surface area contributed by atoms with Gasteiger partial charge in [-0.05, 0) is 12.1 Å². The van der Waals surface area contributed by atoms with E-state index in [1.54, 1.807) is 23.3 Å². The second kappa shape index (κ2) is 8.03. The van der Waals surface area contributed by atoms with E-state index >= 15 is 0 Å². The maximum atomic E-state index is 12.8. The van der Waals surface area contributed by atoms with Gasteiger partial charge in [0, 0.05) is 10.6 Å². The minimum absolute atomic E-state index is 0.0350. The van der Waals surface area contributed by atoms with Crippen LogP contribution in [-0.4, -0.2) is 26.2 Å². The van der Waals surface area contributed by atoms with Crippen molar-refractivity contribution in [3.05, 3.63) is 80.1 Å². The summed E-state index contributed by atoms with van der Waals surface area (Å²) in [6.45, 7) is 6.00. The highest BCUT2D eigenvalue weighted by molar-refractivity contribution is 6.38. The predicted molar refractivity (Wildman–Crippen MR) is 108 cm³/mol. The van der Waals surface area contributed by atoms with Crippen LogP contribution in [0.1, 0.15) is 11.1 Å². The maximum absolute atomic E-state index is 12.8. The van der Waals surface area contributed by atoms with Crippen LogP contribution >= 0.6 is 23.2 Å². The van der Waals surface area contributed by atoms with Crippen LogP contribution in [0.25, 0.3) is 11.0 Å². The van der Waals surface area contributed by atoms with Crippen LogP contribution < -0.4 is 15.2 Å². The standard InChI is InChI=1S/C21H20Cl2N2O2/c22-17-10-18-20(26)16(14-27-21(18)19(23)11-17)13-25-8-6-24(7-9-25)12-15-4-2-1-3-5-15/h1-5,10-11,14H,6-9,12-13H2/p+2. The molecule has 1 aromatic heterocycles. The van der Waals surface area contributed by atoms with E-state index < -0.39 is 0 Å². The molecule has 0 aliphatic carbocycles. The van der Waals surface area contributed by atoms with Crippen molar-refractivity contribution in [1.82, 2.24) is 0 Å². The molecule has 4 rings (SSSR count). The molecular weight excluding hydrogens is 383 g/mol. The third-order valence-electron chi connectivity index (χ3n) is 5.27. The number of rotatable bonds is 4. The molecule has 2 heterocycles. The van der Waals surface area contributed by atoms with Gasteiger partial charge in [-0.25, -0.2) is 0 Å². The summed E-state index contributed by atoms with van der Waals surface area (Å²) in [5, 5.41) is 1.27. The van der Waals surface area contributed by atoms with E-state index in [4.69, 9.17) is 27.6 Å². The van der Waals surface area contributed by atoms with Gasteiger partial charge in [0.2, 0.25) is 5.43 Å². The summed E-state index contributed by atoms with van der Waals surface area (Å²) >= 11 is 12.2. The van der Waals surface area contributed by atoms with Gasteiger partial charge in [0.1, 0.15) is 45.5 Å². The largest absolute Gasteiger partial charge is 0.462 e. The molecule has 6 heteroatoms. The number of hydrogen-bond acceptors (Lipinski definition) is 2. The van der Waals surface area contributed by atoms with Crippen molar-refractivity contribution in [2.45, 2.75) is 13.1 Å². The number of piperazine rings is 1. The van der Waals surface area contributed by atoms with E-state index in [0.717, 1.165) is 32.7 Å². The zero-order valence-corrected chi connectivity index (χ0v) is 16.4. The first-order chi connectivity index (χ1) is 13.1. The summed E-state index contributed by atoms with van der Waals surface area (Å²) in [5.74, 6) is 0. The number of hydrogen-bond donors (Lipinski definition) is 2. The molecule has 0 saturated carbocycles. The van der Waals surface area contributed by atoms with E-state index in [1.165, 1.54) is 10.5 Å². The Hall–Kier alpha value is -1.85. The molecule has 1 saturated heterocycles. The van der Waals surface area contributed by atoms with Crippen LogP contribution in [0.15, 0.2) is 57.9 Å². The van der Waals surface area contributed by atoms with Crippen LogP contribution in [0.5, 0.6) is 0 Å². The Kier molecular flexibility index (Phi) is 5.50. The molecule has 0 bridgehead atoms. The molecule has 4 nitrogen and oxygen atoms in total. The van der Waals surface area contributed by atoms with Crippen molar-refractivity contribution >= 4 is 34.2 Å². The molecular formula is C21H22Cl2N2O2+2. The van der Waals surface area contributed by atoms with Crippen LogP contribution in [0.3, 0.4) is 0 Å². The van der Waals surface area contributed by atoms with Gasteiger partial charge in [-0.3, -0.25) is 4.79 Å². The quantitative estimate of drug-likeness (QED) is 0.692. The van der Waals surface area contributed by atoms with Crippen molar-refractivity contribution in [1.29, 1.82) is 0 Å². The minimum Gasteiger partial charge on any atom is -0.462 e. The van der Waals surface area contributed by atoms with Crippen LogP contribution in [0, 0.1) is 0 Å². The number of nitrogens with one attached hydrogen (secondary N) is 2. The normalized spacial score (nSPS) is 20.1. The number of benzene rings is 2. The van der Waals surface area contributed by atoms with Gasteiger partial charge < -0.3 is 14.2 Å². The smallest absolute Gasteiger partial charge is 0.201 e. The summed E-state index contributed by atoms with van der Waals surface area (Å²) in [7, 11) is 0. The maximum Gasteiger partial charge on any atom is 0.201 e. The lowest BCUT2D eigenvalue weighted by Crippen LogP contribution is -3.27. The van der Waals surface area contributed by atoms with Crippen molar-refractivity contribution in [2.75, 3.05) is 26.2 Å². The van der Waals surface area contributed by atoms with Gasteiger partial charge in [-0.1, -0.05) is 53.5 Å². The Morgan fingerprint density at radius 2 is 1.59 bits per heavy atom. The molecule has 2 aromatic carbocycles. The molecule has 1 fully saturated rings. The molecule has 0 unspecified atom stereocenters. The highest BCUT2D eigenvalue weighted by Crippen LogP contribution is 2.26. The zero-order chi connectivity index (χ0) is 18.8. The van der Waals surface area contributed by atoms with Crippen molar-refractivity contribution in [3.63, 3.8) is 0 Å². The lowest BCUT2D eigenvalue weighted by Gasteiger charge is -2.29. The predicted octanol–water partition coefficient (Wildman–Crippen LogP) is 1.58. The fourth-order valence-corrected chi connectivity index (χ4v) is 4.33. The van der Waals surface area contributed by atoms with E-state index in [1.807, 2.05) is 0 Å². The van der Waals surface area contributed by atoms with Gasteiger partial charge in [-0.15, -0.1) is 0 Å². The number of fused-ring (bicyclic) bond motifs is 1. The van der Waals surface area contributed by atoms with Gasteiger partial charge in [0.25, 0.3) is 0 Å². The van der Waals surface area contributed by atoms with Crippen molar-refractivity contribution in [2.24, 2.45) is 0 Å². The molecule has 0 radical (unpaired) electrons. The summed E-state index contributed by atoms with van der Waals surface area (Å²) in [6.07, 6.45) is 1.56. The molecule has 140 valence electrons. The first kappa shape index (κ1) is 18.5. The van der Waals surface area contributed by atoms with E-state index in [0.29, 0.717) is 33.1 Å². The Labute approximate surface area is 167 Å². The molecule has 1 aliphatic rings. The zero-order valence-electron chi connectivity index (χ0n) is 14.9. The van der Waals surface area contributed by atoms with Gasteiger partial charge >= 0.3 is 0 Å². The second-order valence-corrected chi connectivity index (χ2v) is 8.04. The van der Waals surface area contributed by atoms with Crippen molar-refractivity contribution in [3.8, 4) is 0 Å². The minimum atomic E-state index is -0.0350. The lowest BCUT2D eigenvalue weighted by molar-refractivity contribution is -1.02. The van der Waals surface area contributed by atoms with E-state index in [9.17, 15) is 4.79 Å². The first-order valence-electron chi connectivity index (χ1n) is 9.20. The summed E-state index contributed by atoms with van der Waals surface area (Å²) < 4.78 is 5.64. The highest BCUT2D eigenvalue weighted by Gasteiger charge is 2.24. The van der Waals surface area contributed by atoms with E-state index in [-0.39, 0.29) is 5.43 Å². The van der Waals surface area contributed by atoms with Crippen LogP contribution in [0.4, 0.5) is 0 Å². The van der Waals surface area contributed by atoms with Crippen molar-refractivity contribution < 1.29 is 14.2 Å². The molecule has 1 aliphatic heterocycles. The molecule has 0 spiro atoms. The number of halogens is 2. The summed E-state index contributed by atoms with van der Waals surface area (Å²) in [4.78, 5) is 15.8. The molecule has 2 N–H and O–H groups in total. The highest BCUT2D eigenvalue weighted by atomic mass is 35.5. The summed E-state index contributed by atoms with van der Waals surface area (Å²) in [5.41, 5.74) is 2.43. The Balaban J connectivity index is 1.43. The summed E-state index contributed by atoms with van der Waals surface area (Å²) in [6, 6.07) is 13.8. The number of quaternary nitrogens is 2.